The largest absolute Gasteiger partial charge is 0.480 e. The van der Waals surface area contributed by atoms with Crippen molar-refractivity contribution in [2.24, 2.45) is 10.9 Å². The lowest BCUT2D eigenvalue weighted by Crippen LogP contribution is -2.22. The average molecular weight is 420 g/mol. The molecule has 1 amide bonds. The molecule has 3 rings (SSSR count). The molecule has 2 aromatic rings. The summed E-state index contributed by atoms with van der Waals surface area (Å²) < 4.78 is 5.11. The molecule has 0 saturated heterocycles. The molecule has 0 unspecified atom stereocenters. The van der Waals surface area contributed by atoms with Crippen LogP contribution in [-0.4, -0.2) is 35.4 Å². The Kier molecular flexibility index (Phi) is 7.92. The number of carbonyl (C=O) groups excluding carboxylic acids is 1. The number of benzene rings is 1. The Hall–Kier alpha value is -3.48. The summed E-state index contributed by atoms with van der Waals surface area (Å²) in [6.45, 7) is 6.56. The molecule has 7 nitrogen and oxygen atoms in total. The van der Waals surface area contributed by atoms with Crippen LogP contribution < -0.4 is 15.4 Å². The fraction of sp³-hybridized carbons (Fsp3) is 0.333. The zero-order valence-corrected chi connectivity index (χ0v) is 18.1. The standard InChI is InChI=1S/C24H29N5O2/c1-4-5-21(27-17(2)26-13-12-18-6-7-18)14-23(30)28-20-10-8-19(9-11-20)22-15-25-16-24(29-22)31-3/h4-5,8-11,15-16,18H,1,6-7,12-14H2,2-3H3,(H,26,27)(H,28,30)/b21-5-. The smallest absolute Gasteiger partial charge is 0.232 e. The van der Waals surface area contributed by atoms with Crippen LogP contribution in [0.3, 0.4) is 0 Å². The number of carbonyl (C=O) groups is 1. The maximum atomic E-state index is 12.5. The number of aromatic nitrogens is 2. The first kappa shape index (κ1) is 22.2. The van der Waals surface area contributed by atoms with Gasteiger partial charge in [-0.05, 0) is 37.5 Å². The molecule has 1 saturated carbocycles. The van der Waals surface area contributed by atoms with E-state index in [4.69, 9.17) is 4.74 Å². The lowest BCUT2D eigenvalue weighted by atomic mass is 10.1. The van der Waals surface area contributed by atoms with Gasteiger partial charge in [0.15, 0.2) is 0 Å². The average Bonchev–Trinajstić information content (AvgIpc) is 3.59. The predicted molar refractivity (Wildman–Crippen MR) is 124 cm³/mol. The van der Waals surface area contributed by atoms with E-state index < -0.39 is 0 Å². The number of amidine groups is 1. The number of hydrogen-bond donors (Lipinski definition) is 2. The Labute approximate surface area is 183 Å². The molecule has 1 aliphatic rings. The van der Waals surface area contributed by atoms with Crippen molar-refractivity contribution in [3.05, 3.63) is 61.1 Å². The Morgan fingerprint density at radius 2 is 2.06 bits per heavy atom. The number of allylic oxidation sites excluding steroid dienone is 2. The van der Waals surface area contributed by atoms with Gasteiger partial charge in [0.2, 0.25) is 11.8 Å². The third kappa shape index (κ3) is 7.37. The first-order valence-corrected chi connectivity index (χ1v) is 10.4. The number of rotatable bonds is 10. The molecule has 0 bridgehead atoms. The highest BCUT2D eigenvalue weighted by Crippen LogP contribution is 2.31. The third-order valence-corrected chi connectivity index (χ3v) is 4.88. The molecule has 31 heavy (non-hydrogen) atoms. The normalized spacial score (nSPS) is 14.1. The minimum Gasteiger partial charge on any atom is -0.480 e. The molecule has 1 heterocycles. The van der Waals surface area contributed by atoms with E-state index in [0.29, 0.717) is 23.0 Å². The highest BCUT2D eigenvalue weighted by Gasteiger charge is 2.20. The third-order valence-electron chi connectivity index (χ3n) is 4.88. The molecule has 162 valence electrons. The van der Waals surface area contributed by atoms with E-state index in [1.807, 2.05) is 31.2 Å². The van der Waals surface area contributed by atoms with E-state index >= 15 is 0 Å². The Morgan fingerprint density at radius 3 is 2.74 bits per heavy atom. The quantitative estimate of drug-likeness (QED) is 0.339. The minimum atomic E-state index is -0.142. The summed E-state index contributed by atoms with van der Waals surface area (Å²) in [7, 11) is 1.55. The van der Waals surface area contributed by atoms with Crippen LogP contribution in [0.4, 0.5) is 5.69 Å². The molecule has 2 N–H and O–H groups in total. The van der Waals surface area contributed by atoms with Crippen molar-refractivity contribution < 1.29 is 9.53 Å². The summed E-state index contributed by atoms with van der Waals surface area (Å²) in [5.74, 6) is 1.99. The Balaban J connectivity index is 1.56. The van der Waals surface area contributed by atoms with E-state index in [1.54, 1.807) is 31.7 Å². The number of anilines is 1. The summed E-state index contributed by atoms with van der Waals surface area (Å²) in [6, 6.07) is 7.43. The molecule has 1 fully saturated rings. The molecule has 0 atom stereocenters. The second-order valence-electron chi connectivity index (χ2n) is 7.50. The summed E-state index contributed by atoms with van der Waals surface area (Å²) in [4.78, 5) is 25.5. The number of nitrogens with one attached hydrogen (secondary N) is 2. The van der Waals surface area contributed by atoms with Crippen molar-refractivity contribution in [3.63, 3.8) is 0 Å². The summed E-state index contributed by atoms with van der Waals surface area (Å²) in [6.07, 6.45) is 10.6. The van der Waals surface area contributed by atoms with Crippen LogP contribution in [0.1, 0.15) is 32.6 Å². The van der Waals surface area contributed by atoms with E-state index in [0.717, 1.165) is 23.9 Å². The minimum absolute atomic E-state index is 0.142. The fourth-order valence-corrected chi connectivity index (χ4v) is 3.07. The molecule has 1 aliphatic carbocycles. The van der Waals surface area contributed by atoms with Gasteiger partial charge in [-0.1, -0.05) is 37.6 Å². The molecule has 1 aromatic heterocycles. The van der Waals surface area contributed by atoms with Crippen LogP contribution in [0.5, 0.6) is 5.88 Å². The highest BCUT2D eigenvalue weighted by molar-refractivity contribution is 5.93. The first-order chi connectivity index (χ1) is 15.1. The van der Waals surface area contributed by atoms with Crippen LogP contribution >= 0.6 is 0 Å². The SMILES string of the molecule is C=C/C=C(CC(=O)Nc1ccc(-c2cncc(OC)n2)cc1)\N=C(/C)NCCC1CC1. The van der Waals surface area contributed by atoms with Gasteiger partial charge in [-0.2, -0.15) is 0 Å². The number of amides is 1. The van der Waals surface area contributed by atoms with E-state index in [-0.39, 0.29) is 12.3 Å². The van der Waals surface area contributed by atoms with Crippen LogP contribution in [0, 0.1) is 5.92 Å². The van der Waals surface area contributed by atoms with Crippen molar-refractivity contribution in [3.8, 4) is 17.1 Å². The molecule has 0 radical (unpaired) electrons. The molecule has 0 aliphatic heterocycles. The lowest BCUT2D eigenvalue weighted by molar-refractivity contribution is -0.115. The van der Waals surface area contributed by atoms with Gasteiger partial charge in [0, 0.05) is 17.8 Å². The van der Waals surface area contributed by atoms with Gasteiger partial charge in [0.05, 0.1) is 43.2 Å². The first-order valence-electron chi connectivity index (χ1n) is 10.4. The van der Waals surface area contributed by atoms with Crippen molar-refractivity contribution in [2.75, 3.05) is 19.0 Å². The van der Waals surface area contributed by atoms with Crippen LogP contribution in [0.15, 0.2) is 66.1 Å². The van der Waals surface area contributed by atoms with Gasteiger partial charge in [0.25, 0.3) is 0 Å². The van der Waals surface area contributed by atoms with Gasteiger partial charge in [-0.15, -0.1) is 0 Å². The maximum Gasteiger partial charge on any atom is 0.232 e. The number of methoxy groups -OCH3 is 1. The molecule has 1 aromatic carbocycles. The number of nitrogens with zero attached hydrogens (tertiary/aromatic N) is 3. The van der Waals surface area contributed by atoms with Gasteiger partial charge in [-0.3, -0.25) is 9.78 Å². The monoisotopic (exact) mass is 419 g/mol. The second kappa shape index (κ2) is 11.1. The van der Waals surface area contributed by atoms with Crippen molar-refractivity contribution in [1.29, 1.82) is 0 Å². The highest BCUT2D eigenvalue weighted by atomic mass is 16.5. The zero-order chi connectivity index (χ0) is 22.1. The second-order valence-corrected chi connectivity index (χ2v) is 7.50. The van der Waals surface area contributed by atoms with Crippen LogP contribution in [0.2, 0.25) is 0 Å². The molecular weight excluding hydrogens is 390 g/mol. The van der Waals surface area contributed by atoms with Gasteiger partial charge < -0.3 is 15.4 Å². The van der Waals surface area contributed by atoms with Crippen molar-refractivity contribution >= 4 is 17.4 Å². The predicted octanol–water partition coefficient (Wildman–Crippen LogP) is 4.36. The molecule has 7 heteroatoms. The van der Waals surface area contributed by atoms with Gasteiger partial charge in [-0.25, -0.2) is 9.98 Å². The zero-order valence-electron chi connectivity index (χ0n) is 18.1. The Morgan fingerprint density at radius 1 is 1.29 bits per heavy atom. The van der Waals surface area contributed by atoms with Crippen molar-refractivity contribution in [1.82, 2.24) is 15.3 Å². The topological polar surface area (TPSA) is 88.5 Å². The maximum absolute atomic E-state index is 12.5. The summed E-state index contributed by atoms with van der Waals surface area (Å²) in [5, 5.41) is 6.23. The summed E-state index contributed by atoms with van der Waals surface area (Å²) in [5.41, 5.74) is 2.94. The van der Waals surface area contributed by atoms with Gasteiger partial charge in [0.1, 0.15) is 0 Å². The van der Waals surface area contributed by atoms with Crippen LogP contribution in [-0.2, 0) is 4.79 Å². The molecular formula is C24H29N5O2. The van der Waals surface area contributed by atoms with E-state index in [1.165, 1.54) is 19.3 Å². The van der Waals surface area contributed by atoms with Gasteiger partial charge >= 0.3 is 0 Å². The van der Waals surface area contributed by atoms with Crippen LogP contribution in [0.25, 0.3) is 11.3 Å². The molecule has 0 spiro atoms. The lowest BCUT2D eigenvalue weighted by Gasteiger charge is -2.09. The van der Waals surface area contributed by atoms with Crippen molar-refractivity contribution in [2.45, 2.75) is 32.6 Å². The van der Waals surface area contributed by atoms with E-state index in [9.17, 15) is 4.79 Å². The number of hydrogen-bond acceptors (Lipinski definition) is 5. The fourth-order valence-electron chi connectivity index (χ4n) is 3.07. The van der Waals surface area contributed by atoms with E-state index in [2.05, 4.69) is 32.2 Å². The number of aliphatic imine (C=N–C) groups is 1. The summed E-state index contributed by atoms with van der Waals surface area (Å²) >= 11 is 0. The Bertz CT molecular complexity index is 962. The number of ether oxygens (including phenoxy) is 1.